The van der Waals surface area contributed by atoms with Crippen LogP contribution in [0, 0.1) is 0 Å². The van der Waals surface area contributed by atoms with Gasteiger partial charge in [-0.15, -0.1) is 0 Å². The maximum Gasteiger partial charge on any atom is 0.253 e. The standard InChI is InChI=1S/C13H16Cl2N2O4/c1-7(19)16-9-4-2-8(3-5-9)11(20)10(6-18)17-13(21)12(14)15/h2-5,10-12,18,20H,6H2,1H3,(H,16,19)(H,17,21). The fraction of sp³-hybridized carbons (Fsp3) is 0.385. The lowest BCUT2D eigenvalue weighted by atomic mass is 10.0. The Morgan fingerprint density at radius 1 is 1.24 bits per heavy atom. The van der Waals surface area contributed by atoms with E-state index in [-0.39, 0.29) is 5.91 Å². The van der Waals surface area contributed by atoms with E-state index in [4.69, 9.17) is 23.2 Å². The van der Waals surface area contributed by atoms with Crippen molar-refractivity contribution in [3.05, 3.63) is 29.8 Å². The van der Waals surface area contributed by atoms with Crippen molar-refractivity contribution in [3.8, 4) is 0 Å². The minimum Gasteiger partial charge on any atom is -0.394 e. The summed E-state index contributed by atoms with van der Waals surface area (Å²) in [5.41, 5.74) is 1.04. The smallest absolute Gasteiger partial charge is 0.253 e. The predicted octanol–water partition coefficient (Wildman–Crippen LogP) is 0.959. The second-order valence-electron chi connectivity index (χ2n) is 4.35. The van der Waals surface area contributed by atoms with Gasteiger partial charge in [-0.05, 0) is 17.7 Å². The van der Waals surface area contributed by atoms with E-state index in [0.29, 0.717) is 11.3 Å². The number of aliphatic hydroxyl groups is 2. The number of aliphatic hydroxyl groups excluding tert-OH is 2. The van der Waals surface area contributed by atoms with Crippen LogP contribution in [0.1, 0.15) is 18.6 Å². The van der Waals surface area contributed by atoms with Crippen molar-refractivity contribution < 1.29 is 19.8 Å². The highest BCUT2D eigenvalue weighted by Gasteiger charge is 2.24. The van der Waals surface area contributed by atoms with Crippen molar-refractivity contribution in [3.63, 3.8) is 0 Å². The van der Waals surface area contributed by atoms with Gasteiger partial charge in [-0.2, -0.15) is 0 Å². The molecule has 116 valence electrons. The molecule has 4 N–H and O–H groups in total. The van der Waals surface area contributed by atoms with Gasteiger partial charge in [0.1, 0.15) is 6.10 Å². The quantitative estimate of drug-likeness (QED) is 0.582. The van der Waals surface area contributed by atoms with Gasteiger partial charge in [0.25, 0.3) is 5.91 Å². The molecule has 0 aliphatic rings. The molecule has 0 aromatic heterocycles. The summed E-state index contributed by atoms with van der Waals surface area (Å²) in [4.78, 5) is 21.0. The molecule has 6 nitrogen and oxygen atoms in total. The molecule has 0 aliphatic heterocycles. The zero-order chi connectivity index (χ0) is 16.0. The highest BCUT2D eigenvalue weighted by atomic mass is 35.5. The van der Waals surface area contributed by atoms with E-state index in [1.165, 1.54) is 6.92 Å². The molecule has 1 aromatic carbocycles. The van der Waals surface area contributed by atoms with Crippen molar-refractivity contribution in [2.45, 2.75) is 23.9 Å². The van der Waals surface area contributed by atoms with Gasteiger partial charge >= 0.3 is 0 Å². The van der Waals surface area contributed by atoms with E-state index >= 15 is 0 Å². The van der Waals surface area contributed by atoms with Crippen molar-refractivity contribution in [1.82, 2.24) is 5.32 Å². The van der Waals surface area contributed by atoms with Crippen LogP contribution in [0.5, 0.6) is 0 Å². The van der Waals surface area contributed by atoms with E-state index in [2.05, 4.69) is 10.6 Å². The summed E-state index contributed by atoms with van der Waals surface area (Å²) in [5.74, 6) is -0.912. The Hall–Kier alpha value is -1.34. The zero-order valence-corrected chi connectivity index (χ0v) is 12.7. The van der Waals surface area contributed by atoms with Gasteiger partial charge in [-0.25, -0.2) is 0 Å². The molecule has 2 amide bonds. The normalized spacial score (nSPS) is 13.6. The van der Waals surface area contributed by atoms with Gasteiger partial charge in [0, 0.05) is 12.6 Å². The average molecular weight is 335 g/mol. The highest BCUT2D eigenvalue weighted by Crippen LogP contribution is 2.20. The fourth-order valence-corrected chi connectivity index (χ4v) is 1.80. The van der Waals surface area contributed by atoms with Crippen molar-refractivity contribution in [1.29, 1.82) is 0 Å². The molecule has 0 heterocycles. The van der Waals surface area contributed by atoms with Gasteiger partial charge in [-0.1, -0.05) is 35.3 Å². The molecular formula is C13H16Cl2N2O4. The molecular weight excluding hydrogens is 319 g/mol. The molecule has 1 rings (SSSR count). The second-order valence-corrected chi connectivity index (χ2v) is 5.44. The highest BCUT2D eigenvalue weighted by molar-refractivity contribution is 6.53. The minimum absolute atomic E-state index is 0.209. The predicted molar refractivity (Wildman–Crippen MR) is 80.2 cm³/mol. The number of nitrogens with one attached hydrogen (secondary N) is 2. The Kier molecular flexibility index (Phi) is 6.91. The number of halogens is 2. The molecule has 0 saturated carbocycles. The van der Waals surface area contributed by atoms with Crippen molar-refractivity contribution in [2.75, 3.05) is 11.9 Å². The van der Waals surface area contributed by atoms with Crippen molar-refractivity contribution in [2.24, 2.45) is 0 Å². The van der Waals surface area contributed by atoms with E-state index in [1.54, 1.807) is 24.3 Å². The number of benzene rings is 1. The molecule has 0 aliphatic carbocycles. The molecule has 0 spiro atoms. The summed E-state index contributed by atoms with van der Waals surface area (Å²) in [6.07, 6.45) is -1.14. The van der Waals surface area contributed by atoms with Crippen LogP contribution < -0.4 is 10.6 Å². The molecule has 0 radical (unpaired) electrons. The monoisotopic (exact) mass is 334 g/mol. The molecule has 0 fully saturated rings. The first-order valence-electron chi connectivity index (χ1n) is 6.10. The van der Waals surface area contributed by atoms with Crippen LogP contribution >= 0.6 is 23.2 Å². The van der Waals surface area contributed by atoms with Crippen LogP contribution in [0.15, 0.2) is 24.3 Å². The first-order chi connectivity index (χ1) is 9.85. The summed E-state index contributed by atoms with van der Waals surface area (Å²) in [7, 11) is 0. The molecule has 21 heavy (non-hydrogen) atoms. The number of amides is 2. The third kappa shape index (κ3) is 5.51. The summed E-state index contributed by atoms with van der Waals surface area (Å²) < 4.78 is 0. The second kappa shape index (κ2) is 8.19. The Morgan fingerprint density at radius 3 is 2.24 bits per heavy atom. The lowest BCUT2D eigenvalue weighted by Crippen LogP contribution is -2.44. The van der Waals surface area contributed by atoms with Crippen LogP contribution in [0.4, 0.5) is 5.69 Å². The number of hydrogen-bond acceptors (Lipinski definition) is 4. The first-order valence-corrected chi connectivity index (χ1v) is 6.97. The topological polar surface area (TPSA) is 98.7 Å². The number of rotatable bonds is 6. The van der Waals surface area contributed by atoms with Gasteiger partial charge in [0.05, 0.1) is 12.6 Å². The van der Waals surface area contributed by atoms with E-state index in [9.17, 15) is 19.8 Å². The molecule has 0 bridgehead atoms. The van der Waals surface area contributed by atoms with E-state index in [1.807, 2.05) is 0 Å². The summed E-state index contributed by atoms with van der Waals surface area (Å²) in [5, 5.41) is 24.3. The number of hydrogen-bond donors (Lipinski definition) is 4. The lowest BCUT2D eigenvalue weighted by molar-refractivity contribution is -0.121. The number of anilines is 1. The summed E-state index contributed by atoms with van der Waals surface area (Å²) in [6, 6.07) is 5.40. The molecule has 8 heteroatoms. The van der Waals surface area contributed by atoms with Crippen LogP contribution in [-0.4, -0.2) is 39.5 Å². The summed E-state index contributed by atoms with van der Waals surface area (Å²) >= 11 is 10.8. The molecule has 0 saturated heterocycles. The zero-order valence-electron chi connectivity index (χ0n) is 11.2. The number of carbonyl (C=O) groups is 2. The van der Waals surface area contributed by atoms with Crippen LogP contribution in [0.2, 0.25) is 0 Å². The average Bonchev–Trinajstić information content (AvgIpc) is 2.43. The van der Waals surface area contributed by atoms with Crippen LogP contribution in [0.3, 0.4) is 0 Å². The minimum atomic E-state index is -1.28. The van der Waals surface area contributed by atoms with Crippen LogP contribution in [0.25, 0.3) is 0 Å². The maximum atomic E-state index is 11.4. The van der Waals surface area contributed by atoms with Gasteiger partial charge < -0.3 is 20.8 Å². The SMILES string of the molecule is CC(=O)Nc1ccc(C(O)C(CO)NC(=O)C(Cl)Cl)cc1. The Bertz CT molecular complexity index is 493. The molecule has 2 unspecified atom stereocenters. The third-order valence-electron chi connectivity index (χ3n) is 2.68. The van der Waals surface area contributed by atoms with Crippen molar-refractivity contribution >= 4 is 40.7 Å². The number of carbonyl (C=O) groups excluding carboxylic acids is 2. The largest absolute Gasteiger partial charge is 0.394 e. The Labute approximate surface area is 132 Å². The van der Waals surface area contributed by atoms with Gasteiger partial charge in [0.15, 0.2) is 4.84 Å². The third-order valence-corrected chi connectivity index (χ3v) is 3.07. The van der Waals surface area contributed by atoms with Gasteiger partial charge in [0.2, 0.25) is 5.91 Å². The van der Waals surface area contributed by atoms with E-state index in [0.717, 1.165) is 0 Å². The lowest BCUT2D eigenvalue weighted by Gasteiger charge is -2.23. The maximum absolute atomic E-state index is 11.4. The van der Waals surface area contributed by atoms with E-state index < -0.39 is 29.5 Å². The fourth-order valence-electron chi connectivity index (χ4n) is 1.67. The van der Waals surface area contributed by atoms with Gasteiger partial charge in [-0.3, -0.25) is 9.59 Å². The van der Waals surface area contributed by atoms with Crippen LogP contribution in [-0.2, 0) is 9.59 Å². The Morgan fingerprint density at radius 2 is 1.81 bits per heavy atom. The summed E-state index contributed by atoms with van der Waals surface area (Å²) in [6.45, 7) is 0.898. The first kappa shape index (κ1) is 17.7. The Balaban J connectivity index is 2.77. The molecule has 2 atom stereocenters. The number of alkyl halides is 2. The molecule has 1 aromatic rings.